The van der Waals surface area contributed by atoms with Gasteiger partial charge in [-0.15, -0.1) is 0 Å². The molecule has 6 nitrogen and oxygen atoms in total. The Bertz CT molecular complexity index is 782. The molecular weight excluding hydrogens is 334 g/mol. The first-order valence-electron chi connectivity index (χ1n) is 8.50. The van der Waals surface area contributed by atoms with Crippen molar-refractivity contribution in [1.82, 2.24) is 4.90 Å². The number of hydrogen-bond acceptors (Lipinski definition) is 4. The SMILES string of the molecule is CC(=O)N1CCC(OC(=O)O)(c2ccccc2Oc2ccccc2)CC1. The smallest absolute Gasteiger partial charge is 0.457 e. The van der Waals surface area contributed by atoms with Crippen LogP contribution in [0.4, 0.5) is 4.79 Å². The number of benzene rings is 2. The average Bonchev–Trinajstić information content (AvgIpc) is 2.63. The van der Waals surface area contributed by atoms with Crippen LogP contribution >= 0.6 is 0 Å². The minimum atomic E-state index is -1.34. The molecule has 1 aliphatic heterocycles. The van der Waals surface area contributed by atoms with Gasteiger partial charge in [-0.05, 0) is 18.2 Å². The highest BCUT2D eigenvalue weighted by molar-refractivity contribution is 5.73. The second kappa shape index (κ2) is 7.47. The summed E-state index contributed by atoms with van der Waals surface area (Å²) in [4.78, 5) is 24.7. The molecule has 0 bridgehead atoms. The number of ether oxygens (including phenoxy) is 2. The number of carbonyl (C=O) groups is 2. The van der Waals surface area contributed by atoms with Crippen molar-refractivity contribution < 1.29 is 24.2 Å². The normalized spacial score (nSPS) is 16.0. The van der Waals surface area contributed by atoms with Gasteiger partial charge in [-0.25, -0.2) is 4.79 Å². The van der Waals surface area contributed by atoms with E-state index < -0.39 is 11.8 Å². The largest absolute Gasteiger partial charge is 0.506 e. The number of carbonyl (C=O) groups excluding carboxylic acids is 1. The first kappa shape index (κ1) is 17.8. The van der Waals surface area contributed by atoms with Crippen molar-refractivity contribution in [3.05, 3.63) is 60.2 Å². The summed E-state index contributed by atoms with van der Waals surface area (Å²) in [6, 6.07) is 16.6. The number of hydrogen-bond donors (Lipinski definition) is 1. The Hall–Kier alpha value is -3.02. The number of amides is 1. The highest BCUT2D eigenvalue weighted by Crippen LogP contribution is 2.42. The Morgan fingerprint density at radius 3 is 2.23 bits per heavy atom. The Balaban J connectivity index is 1.95. The van der Waals surface area contributed by atoms with E-state index in [0.717, 1.165) is 0 Å². The van der Waals surface area contributed by atoms with Crippen LogP contribution in [0.3, 0.4) is 0 Å². The van der Waals surface area contributed by atoms with E-state index in [1.165, 1.54) is 6.92 Å². The van der Waals surface area contributed by atoms with Crippen molar-refractivity contribution in [2.75, 3.05) is 13.1 Å². The summed E-state index contributed by atoms with van der Waals surface area (Å²) in [5.41, 5.74) is -0.363. The summed E-state index contributed by atoms with van der Waals surface area (Å²) in [5, 5.41) is 9.30. The van der Waals surface area contributed by atoms with Gasteiger partial charge in [0.1, 0.15) is 17.1 Å². The third-order valence-corrected chi connectivity index (χ3v) is 4.65. The van der Waals surface area contributed by atoms with Crippen molar-refractivity contribution >= 4 is 12.1 Å². The maximum absolute atomic E-state index is 11.6. The fourth-order valence-corrected chi connectivity index (χ4v) is 3.32. The van der Waals surface area contributed by atoms with Crippen LogP contribution in [0.25, 0.3) is 0 Å². The zero-order chi connectivity index (χ0) is 18.6. The highest BCUT2D eigenvalue weighted by Gasteiger charge is 2.42. The lowest BCUT2D eigenvalue weighted by atomic mass is 9.83. The molecule has 1 aliphatic rings. The molecule has 1 saturated heterocycles. The summed E-state index contributed by atoms with van der Waals surface area (Å²) in [6.07, 6.45) is -0.571. The molecule has 3 rings (SSSR count). The van der Waals surface area contributed by atoms with E-state index in [0.29, 0.717) is 43.0 Å². The average molecular weight is 355 g/mol. The fourth-order valence-electron chi connectivity index (χ4n) is 3.32. The standard InChI is InChI=1S/C20H21NO5/c1-15(22)21-13-11-20(12-14-21,26-19(23)24)17-9-5-6-10-18(17)25-16-7-3-2-4-8-16/h2-10H,11-14H2,1H3,(H,23,24). The maximum Gasteiger partial charge on any atom is 0.506 e. The van der Waals surface area contributed by atoms with E-state index in [4.69, 9.17) is 9.47 Å². The molecule has 6 heteroatoms. The van der Waals surface area contributed by atoms with Crippen LogP contribution in [0.1, 0.15) is 25.3 Å². The van der Waals surface area contributed by atoms with E-state index in [1.54, 1.807) is 11.0 Å². The number of carboxylic acid groups (broad SMARTS) is 1. The Kier molecular flexibility index (Phi) is 5.11. The minimum absolute atomic E-state index is 0.0252. The molecule has 0 atom stereocenters. The third-order valence-electron chi connectivity index (χ3n) is 4.65. The van der Waals surface area contributed by atoms with Gasteiger partial charge in [0.25, 0.3) is 0 Å². The highest BCUT2D eigenvalue weighted by atomic mass is 16.7. The van der Waals surface area contributed by atoms with Gasteiger partial charge in [0.05, 0.1) is 0 Å². The molecule has 0 spiro atoms. The van der Waals surface area contributed by atoms with Crippen LogP contribution in [-0.4, -0.2) is 35.2 Å². The van der Waals surface area contributed by atoms with Crippen LogP contribution in [0.2, 0.25) is 0 Å². The van der Waals surface area contributed by atoms with E-state index in [2.05, 4.69) is 0 Å². The molecule has 0 radical (unpaired) electrons. The van der Waals surface area contributed by atoms with Crippen LogP contribution in [0.15, 0.2) is 54.6 Å². The van der Waals surface area contributed by atoms with Crippen LogP contribution in [0, 0.1) is 0 Å². The summed E-state index contributed by atoms with van der Waals surface area (Å²) in [5.74, 6) is 1.19. The van der Waals surface area contributed by atoms with E-state index in [9.17, 15) is 14.7 Å². The zero-order valence-corrected chi connectivity index (χ0v) is 14.6. The lowest BCUT2D eigenvalue weighted by molar-refractivity contribution is -0.134. The Morgan fingerprint density at radius 1 is 1.00 bits per heavy atom. The lowest BCUT2D eigenvalue weighted by Gasteiger charge is -2.41. The first-order chi connectivity index (χ1) is 12.5. The second-order valence-electron chi connectivity index (χ2n) is 6.28. The number of para-hydroxylation sites is 2. The van der Waals surface area contributed by atoms with Gasteiger partial charge in [0.15, 0.2) is 0 Å². The molecule has 2 aromatic carbocycles. The van der Waals surface area contributed by atoms with E-state index >= 15 is 0 Å². The second-order valence-corrected chi connectivity index (χ2v) is 6.28. The summed E-state index contributed by atoms with van der Waals surface area (Å²) in [7, 11) is 0. The van der Waals surface area contributed by atoms with Crippen molar-refractivity contribution in [2.45, 2.75) is 25.4 Å². The Labute approximate surface area is 152 Å². The molecular formula is C20H21NO5. The van der Waals surface area contributed by atoms with Gasteiger partial charge in [0.2, 0.25) is 5.91 Å². The number of nitrogens with zero attached hydrogens (tertiary/aromatic N) is 1. The molecule has 0 aromatic heterocycles. The van der Waals surface area contributed by atoms with Gasteiger partial charge >= 0.3 is 6.16 Å². The molecule has 1 amide bonds. The van der Waals surface area contributed by atoms with Crippen LogP contribution in [-0.2, 0) is 15.1 Å². The van der Waals surface area contributed by atoms with Crippen molar-refractivity contribution in [1.29, 1.82) is 0 Å². The first-order valence-corrected chi connectivity index (χ1v) is 8.50. The number of rotatable bonds is 4. The van der Waals surface area contributed by atoms with Gasteiger partial charge in [-0.1, -0.05) is 36.4 Å². The quantitative estimate of drug-likeness (QED) is 0.839. The van der Waals surface area contributed by atoms with Gasteiger partial charge < -0.3 is 19.5 Å². The summed E-state index contributed by atoms with van der Waals surface area (Å²) < 4.78 is 11.4. The molecule has 0 saturated carbocycles. The van der Waals surface area contributed by atoms with Gasteiger partial charge in [-0.2, -0.15) is 0 Å². The molecule has 0 aliphatic carbocycles. The molecule has 0 unspecified atom stereocenters. The maximum atomic E-state index is 11.6. The monoisotopic (exact) mass is 355 g/mol. The van der Waals surface area contributed by atoms with E-state index in [1.807, 2.05) is 48.5 Å². The Morgan fingerprint density at radius 2 is 1.62 bits per heavy atom. The molecule has 1 fully saturated rings. The zero-order valence-electron chi connectivity index (χ0n) is 14.6. The third kappa shape index (κ3) is 3.79. The van der Waals surface area contributed by atoms with E-state index in [-0.39, 0.29) is 5.91 Å². The predicted molar refractivity (Wildman–Crippen MR) is 95.2 cm³/mol. The van der Waals surface area contributed by atoms with Gasteiger partial charge in [0, 0.05) is 38.4 Å². The lowest BCUT2D eigenvalue weighted by Crippen LogP contribution is -2.46. The number of likely N-dealkylation sites (tertiary alicyclic amines) is 1. The molecule has 136 valence electrons. The minimum Gasteiger partial charge on any atom is -0.457 e. The summed E-state index contributed by atoms with van der Waals surface area (Å²) in [6.45, 7) is 2.38. The molecule has 1 N–H and O–H groups in total. The fraction of sp³-hybridized carbons (Fsp3) is 0.300. The van der Waals surface area contributed by atoms with Crippen LogP contribution in [0.5, 0.6) is 11.5 Å². The topological polar surface area (TPSA) is 76.1 Å². The number of piperidine rings is 1. The summed E-state index contributed by atoms with van der Waals surface area (Å²) >= 11 is 0. The van der Waals surface area contributed by atoms with Crippen LogP contribution < -0.4 is 4.74 Å². The van der Waals surface area contributed by atoms with Crippen molar-refractivity contribution in [2.24, 2.45) is 0 Å². The predicted octanol–water partition coefficient (Wildman–Crippen LogP) is 4.01. The van der Waals surface area contributed by atoms with Crippen molar-refractivity contribution in [3.63, 3.8) is 0 Å². The van der Waals surface area contributed by atoms with Crippen molar-refractivity contribution in [3.8, 4) is 11.5 Å². The molecule has 26 heavy (non-hydrogen) atoms. The molecule has 2 aromatic rings. The molecule has 1 heterocycles. The van der Waals surface area contributed by atoms with Gasteiger partial charge in [-0.3, -0.25) is 4.79 Å².